The lowest BCUT2D eigenvalue weighted by molar-refractivity contribution is -0.755. The van der Waals surface area contributed by atoms with Gasteiger partial charge in [0.1, 0.15) is 13.6 Å². The average Bonchev–Trinajstić information content (AvgIpc) is 2.28. The van der Waals surface area contributed by atoms with E-state index in [0.29, 0.717) is 0 Å². The number of nitrogens with zero attached hydrogens (tertiary/aromatic N) is 3. The van der Waals surface area contributed by atoms with E-state index < -0.39 is 0 Å². The van der Waals surface area contributed by atoms with Crippen molar-refractivity contribution in [2.75, 3.05) is 0 Å². The number of unbranched alkanes of at least 4 members (excludes halogenated alkanes) is 1. The minimum atomic E-state index is 1.04. The second kappa shape index (κ2) is 3.51. The topological polar surface area (TPSA) is 21.7 Å². The predicted molar refractivity (Wildman–Crippen MR) is 43.0 cm³/mol. The fourth-order valence-corrected chi connectivity index (χ4v) is 0.997. The van der Waals surface area contributed by atoms with Crippen molar-refractivity contribution in [1.82, 2.24) is 9.90 Å². The molecular formula is C8H16N3+. The number of aryl methyl sites for hydroxylation is 3. The molecule has 3 heteroatoms. The SMILES string of the molecule is CCCC[n+]1cc(C)n(C)n1. The molecule has 0 aliphatic rings. The van der Waals surface area contributed by atoms with Gasteiger partial charge in [-0.1, -0.05) is 13.3 Å². The van der Waals surface area contributed by atoms with Gasteiger partial charge in [-0.3, -0.25) is 0 Å². The minimum Gasteiger partial charge on any atom is -0.138 e. The van der Waals surface area contributed by atoms with Crippen molar-refractivity contribution < 1.29 is 4.68 Å². The zero-order chi connectivity index (χ0) is 8.27. The van der Waals surface area contributed by atoms with Crippen molar-refractivity contribution in [2.24, 2.45) is 7.05 Å². The van der Waals surface area contributed by atoms with Crippen LogP contribution in [0.4, 0.5) is 0 Å². The van der Waals surface area contributed by atoms with Crippen molar-refractivity contribution >= 4 is 0 Å². The Bertz CT molecular complexity index is 208. The van der Waals surface area contributed by atoms with Crippen LogP contribution in [0.25, 0.3) is 0 Å². The Morgan fingerprint density at radius 3 is 2.82 bits per heavy atom. The standard InChI is InChI=1S/C8H16N3/c1-4-5-6-11-7-8(2)10(3)9-11/h7H,4-6H2,1-3H3/q+1. The Kier molecular flexibility index (Phi) is 2.63. The van der Waals surface area contributed by atoms with Crippen molar-refractivity contribution in [3.05, 3.63) is 11.9 Å². The van der Waals surface area contributed by atoms with Gasteiger partial charge in [-0.2, -0.15) is 0 Å². The van der Waals surface area contributed by atoms with Crippen molar-refractivity contribution in [3.63, 3.8) is 0 Å². The number of rotatable bonds is 3. The maximum atomic E-state index is 4.28. The Morgan fingerprint density at radius 2 is 2.36 bits per heavy atom. The molecule has 0 atom stereocenters. The third-order valence-electron chi connectivity index (χ3n) is 1.84. The highest BCUT2D eigenvalue weighted by molar-refractivity contribution is 4.82. The van der Waals surface area contributed by atoms with Gasteiger partial charge in [-0.05, 0) is 6.42 Å². The van der Waals surface area contributed by atoms with Crippen LogP contribution >= 0.6 is 0 Å². The second-order valence-electron chi connectivity index (χ2n) is 2.90. The van der Waals surface area contributed by atoms with Gasteiger partial charge < -0.3 is 0 Å². The average molecular weight is 154 g/mol. The molecule has 0 amide bonds. The summed E-state index contributed by atoms with van der Waals surface area (Å²) in [5.41, 5.74) is 1.21. The first-order valence-electron chi connectivity index (χ1n) is 4.14. The van der Waals surface area contributed by atoms with Gasteiger partial charge in [0.15, 0.2) is 11.9 Å². The molecule has 0 bridgehead atoms. The quantitative estimate of drug-likeness (QED) is 0.591. The zero-order valence-corrected chi connectivity index (χ0v) is 7.54. The summed E-state index contributed by atoms with van der Waals surface area (Å²) in [6, 6.07) is 0. The van der Waals surface area contributed by atoms with Crippen molar-refractivity contribution in [1.29, 1.82) is 0 Å². The minimum absolute atomic E-state index is 1.04. The fraction of sp³-hybridized carbons (Fsp3) is 0.750. The third kappa shape index (κ3) is 2.03. The summed E-state index contributed by atoms with van der Waals surface area (Å²) in [6.45, 7) is 5.30. The monoisotopic (exact) mass is 154 g/mol. The first-order chi connectivity index (χ1) is 5.24. The molecule has 0 radical (unpaired) electrons. The summed E-state index contributed by atoms with van der Waals surface area (Å²) >= 11 is 0. The molecule has 62 valence electrons. The maximum absolute atomic E-state index is 4.28. The van der Waals surface area contributed by atoms with Gasteiger partial charge in [-0.25, -0.2) is 0 Å². The summed E-state index contributed by atoms with van der Waals surface area (Å²) in [5.74, 6) is 0. The Hall–Kier alpha value is -0.860. The first kappa shape index (κ1) is 8.24. The third-order valence-corrected chi connectivity index (χ3v) is 1.84. The molecule has 11 heavy (non-hydrogen) atoms. The van der Waals surface area contributed by atoms with Crippen LogP contribution in [-0.2, 0) is 13.6 Å². The molecule has 0 unspecified atom stereocenters. The normalized spacial score (nSPS) is 10.5. The van der Waals surface area contributed by atoms with E-state index in [1.54, 1.807) is 0 Å². The Labute approximate surface area is 67.6 Å². The molecule has 1 aromatic heterocycles. The highest BCUT2D eigenvalue weighted by atomic mass is 15.5. The Morgan fingerprint density at radius 1 is 1.64 bits per heavy atom. The molecule has 0 spiro atoms. The van der Waals surface area contributed by atoms with Gasteiger partial charge >= 0.3 is 0 Å². The number of hydrogen-bond acceptors (Lipinski definition) is 1. The molecule has 1 heterocycles. The van der Waals surface area contributed by atoms with E-state index in [1.165, 1.54) is 18.5 Å². The number of aromatic nitrogens is 3. The molecule has 0 aliphatic carbocycles. The molecule has 1 rings (SSSR count). The van der Waals surface area contributed by atoms with Crippen LogP contribution in [0.3, 0.4) is 0 Å². The predicted octanol–water partition coefficient (Wildman–Crippen LogP) is 0.816. The molecule has 0 saturated heterocycles. The highest BCUT2D eigenvalue weighted by Crippen LogP contribution is 1.89. The maximum Gasteiger partial charge on any atom is 0.164 e. The van der Waals surface area contributed by atoms with Crippen LogP contribution < -0.4 is 4.68 Å². The first-order valence-corrected chi connectivity index (χ1v) is 4.14. The molecule has 0 aromatic carbocycles. The zero-order valence-electron chi connectivity index (χ0n) is 7.54. The lowest BCUT2D eigenvalue weighted by Gasteiger charge is -1.88. The van der Waals surface area contributed by atoms with E-state index >= 15 is 0 Å². The van der Waals surface area contributed by atoms with E-state index in [2.05, 4.69) is 25.3 Å². The van der Waals surface area contributed by atoms with Crippen LogP contribution in [0.15, 0.2) is 6.20 Å². The summed E-state index contributed by atoms with van der Waals surface area (Å²) in [4.78, 5) is 0. The molecule has 3 nitrogen and oxygen atoms in total. The van der Waals surface area contributed by atoms with E-state index in [1.807, 2.05) is 16.4 Å². The molecule has 0 aliphatic heterocycles. The summed E-state index contributed by atoms with van der Waals surface area (Å²) < 4.78 is 3.90. The van der Waals surface area contributed by atoms with E-state index in [4.69, 9.17) is 0 Å². The largest absolute Gasteiger partial charge is 0.164 e. The molecular weight excluding hydrogens is 138 g/mol. The second-order valence-corrected chi connectivity index (χ2v) is 2.90. The van der Waals surface area contributed by atoms with Crippen LogP contribution in [-0.4, -0.2) is 9.90 Å². The molecule has 0 saturated carbocycles. The van der Waals surface area contributed by atoms with Crippen LogP contribution in [0.2, 0.25) is 0 Å². The van der Waals surface area contributed by atoms with Gasteiger partial charge in [0.25, 0.3) is 0 Å². The molecule has 0 fully saturated rings. The molecule has 1 aromatic rings. The van der Waals surface area contributed by atoms with Crippen LogP contribution in [0, 0.1) is 6.92 Å². The van der Waals surface area contributed by atoms with Gasteiger partial charge in [0, 0.05) is 6.92 Å². The van der Waals surface area contributed by atoms with Gasteiger partial charge in [-0.15, -0.1) is 9.36 Å². The van der Waals surface area contributed by atoms with Crippen LogP contribution in [0.5, 0.6) is 0 Å². The van der Waals surface area contributed by atoms with E-state index in [0.717, 1.165) is 6.54 Å². The van der Waals surface area contributed by atoms with Crippen molar-refractivity contribution in [3.8, 4) is 0 Å². The van der Waals surface area contributed by atoms with E-state index in [-0.39, 0.29) is 0 Å². The lowest BCUT2D eigenvalue weighted by Crippen LogP contribution is -2.35. The summed E-state index contributed by atoms with van der Waals surface area (Å²) in [5, 5.41) is 4.28. The number of hydrogen-bond donors (Lipinski definition) is 0. The van der Waals surface area contributed by atoms with Crippen LogP contribution in [0.1, 0.15) is 25.5 Å². The lowest BCUT2D eigenvalue weighted by atomic mass is 10.3. The highest BCUT2D eigenvalue weighted by Gasteiger charge is 2.05. The molecule has 0 N–H and O–H groups in total. The van der Waals surface area contributed by atoms with Gasteiger partial charge in [0.2, 0.25) is 0 Å². The van der Waals surface area contributed by atoms with E-state index in [9.17, 15) is 0 Å². The Balaban J connectivity index is 2.58. The summed E-state index contributed by atoms with van der Waals surface area (Å²) in [6.07, 6.45) is 4.51. The summed E-state index contributed by atoms with van der Waals surface area (Å²) in [7, 11) is 1.97. The smallest absolute Gasteiger partial charge is 0.138 e. The fourth-order valence-electron chi connectivity index (χ4n) is 0.997. The van der Waals surface area contributed by atoms with Gasteiger partial charge in [0.05, 0.1) is 5.21 Å². The van der Waals surface area contributed by atoms with Crippen molar-refractivity contribution in [2.45, 2.75) is 33.2 Å².